The standard InChI is InChI=1S/C16H14N2S/c17-14-2-1-12-9-18(10-13(12)7-14)15-3-4-16-11(8-15)5-6-19-16/h1-8H,9-10,17H2. The second-order valence-electron chi connectivity index (χ2n) is 5.03. The van der Waals surface area contributed by atoms with Gasteiger partial charge < -0.3 is 10.6 Å². The lowest BCUT2D eigenvalue weighted by Crippen LogP contribution is -2.14. The van der Waals surface area contributed by atoms with Crippen LogP contribution in [0, 0.1) is 0 Å². The van der Waals surface area contributed by atoms with Crippen molar-refractivity contribution in [3.63, 3.8) is 0 Å². The molecule has 0 saturated carbocycles. The number of nitrogens with two attached hydrogens (primary N) is 1. The molecule has 2 N–H and O–H groups in total. The van der Waals surface area contributed by atoms with Crippen molar-refractivity contribution in [3.05, 3.63) is 59.0 Å². The van der Waals surface area contributed by atoms with Crippen LogP contribution in [-0.2, 0) is 13.1 Å². The van der Waals surface area contributed by atoms with E-state index in [1.165, 1.54) is 26.9 Å². The zero-order chi connectivity index (χ0) is 12.8. The quantitative estimate of drug-likeness (QED) is 0.674. The van der Waals surface area contributed by atoms with E-state index in [1.807, 2.05) is 6.07 Å². The fourth-order valence-electron chi connectivity index (χ4n) is 2.75. The molecule has 0 fully saturated rings. The van der Waals surface area contributed by atoms with E-state index >= 15 is 0 Å². The van der Waals surface area contributed by atoms with E-state index in [4.69, 9.17) is 5.73 Å². The Kier molecular flexibility index (Phi) is 2.29. The number of benzene rings is 2. The van der Waals surface area contributed by atoms with Crippen molar-refractivity contribution in [2.45, 2.75) is 13.1 Å². The zero-order valence-corrected chi connectivity index (χ0v) is 11.3. The van der Waals surface area contributed by atoms with Crippen molar-refractivity contribution in [2.24, 2.45) is 0 Å². The predicted octanol–water partition coefficient (Wildman–Crippen LogP) is 4.00. The lowest BCUT2D eigenvalue weighted by atomic mass is 10.1. The van der Waals surface area contributed by atoms with Gasteiger partial charge in [0.1, 0.15) is 0 Å². The number of fused-ring (bicyclic) bond motifs is 2. The van der Waals surface area contributed by atoms with Gasteiger partial charge in [0.25, 0.3) is 0 Å². The number of hydrogen-bond acceptors (Lipinski definition) is 3. The molecule has 2 heterocycles. The fourth-order valence-corrected chi connectivity index (χ4v) is 3.52. The van der Waals surface area contributed by atoms with Gasteiger partial charge in [-0.15, -0.1) is 11.3 Å². The molecule has 0 bridgehead atoms. The summed E-state index contributed by atoms with van der Waals surface area (Å²) in [4.78, 5) is 2.40. The molecule has 0 spiro atoms. The molecule has 0 atom stereocenters. The maximum absolute atomic E-state index is 5.86. The Bertz CT molecular complexity index is 760. The SMILES string of the molecule is Nc1ccc2c(c1)CN(c1ccc3sccc3c1)C2. The molecule has 1 aliphatic heterocycles. The van der Waals surface area contributed by atoms with Crippen LogP contribution in [0.4, 0.5) is 11.4 Å². The fraction of sp³-hybridized carbons (Fsp3) is 0.125. The molecule has 2 aromatic carbocycles. The smallest absolute Gasteiger partial charge is 0.0437 e. The minimum atomic E-state index is 0.855. The van der Waals surface area contributed by atoms with Crippen molar-refractivity contribution >= 4 is 32.8 Å². The van der Waals surface area contributed by atoms with Crippen molar-refractivity contribution < 1.29 is 0 Å². The van der Waals surface area contributed by atoms with Crippen LogP contribution < -0.4 is 10.6 Å². The van der Waals surface area contributed by atoms with Gasteiger partial charge in [-0.25, -0.2) is 0 Å². The average Bonchev–Trinajstić information content (AvgIpc) is 3.02. The summed E-state index contributed by atoms with van der Waals surface area (Å²) >= 11 is 1.79. The third kappa shape index (κ3) is 1.78. The van der Waals surface area contributed by atoms with Gasteiger partial charge in [-0.2, -0.15) is 0 Å². The van der Waals surface area contributed by atoms with Crippen molar-refractivity contribution in [1.29, 1.82) is 0 Å². The molecular formula is C16H14N2S. The summed E-state index contributed by atoms with van der Waals surface area (Å²) in [5.41, 5.74) is 10.7. The van der Waals surface area contributed by atoms with Crippen molar-refractivity contribution in [3.8, 4) is 0 Å². The van der Waals surface area contributed by atoms with Gasteiger partial charge in [-0.1, -0.05) is 6.07 Å². The number of anilines is 2. The van der Waals surface area contributed by atoms with Crippen molar-refractivity contribution in [2.75, 3.05) is 10.6 Å². The number of hydrogen-bond donors (Lipinski definition) is 1. The summed E-state index contributed by atoms with van der Waals surface area (Å²) in [5.74, 6) is 0. The van der Waals surface area contributed by atoms with Crippen LogP contribution in [-0.4, -0.2) is 0 Å². The normalized spacial score (nSPS) is 14.0. The van der Waals surface area contributed by atoms with E-state index in [9.17, 15) is 0 Å². The first-order chi connectivity index (χ1) is 9.29. The molecule has 2 nitrogen and oxygen atoms in total. The Morgan fingerprint density at radius 2 is 1.84 bits per heavy atom. The summed E-state index contributed by atoms with van der Waals surface area (Å²) in [5, 5.41) is 3.48. The van der Waals surface area contributed by atoms with Crippen LogP contribution in [0.2, 0.25) is 0 Å². The number of nitrogen functional groups attached to an aromatic ring is 1. The maximum Gasteiger partial charge on any atom is 0.0437 e. The Balaban J connectivity index is 1.71. The lowest BCUT2D eigenvalue weighted by Gasteiger charge is -2.17. The molecule has 94 valence electrons. The van der Waals surface area contributed by atoms with E-state index in [0.717, 1.165) is 18.8 Å². The highest BCUT2D eigenvalue weighted by molar-refractivity contribution is 7.17. The number of nitrogens with zero attached hydrogens (tertiary/aromatic N) is 1. The largest absolute Gasteiger partial charge is 0.399 e. The highest BCUT2D eigenvalue weighted by Gasteiger charge is 2.19. The van der Waals surface area contributed by atoms with E-state index in [1.54, 1.807) is 11.3 Å². The Morgan fingerprint density at radius 1 is 0.947 bits per heavy atom. The maximum atomic E-state index is 5.86. The topological polar surface area (TPSA) is 29.3 Å². The van der Waals surface area contributed by atoms with Crippen LogP contribution in [0.1, 0.15) is 11.1 Å². The van der Waals surface area contributed by atoms with Crippen LogP contribution in [0.5, 0.6) is 0 Å². The minimum Gasteiger partial charge on any atom is -0.399 e. The van der Waals surface area contributed by atoms with E-state index in [-0.39, 0.29) is 0 Å². The second kappa shape index (κ2) is 4.00. The summed E-state index contributed by atoms with van der Waals surface area (Å²) in [6.07, 6.45) is 0. The van der Waals surface area contributed by atoms with Gasteiger partial charge in [0.2, 0.25) is 0 Å². The van der Waals surface area contributed by atoms with Gasteiger partial charge in [0.05, 0.1) is 0 Å². The first-order valence-corrected chi connectivity index (χ1v) is 7.27. The van der Waals surface area contributed by atoms with Crippen LogP contribution in [0.25, 0.3) is 10.1 Å². The molecule has 19 heavy (non-hydrogen) atoms. The molecule has 3 aromatic rings. The Hall–Kier alpha value is -2.00. The van der Waals surface area contributed by atoms with Gasteiger partial charge in [0.15, 0.2) is 0 Å². The van der Waals surface area contributed by atoms with Crippen LogP contribution in [0.3, 0.4) is 0 Å². The van der Waals surface area contributed by atoms with Gasteiger partial charge in [-0.3, -0.25) is 0 Å². The molecule has 1 aliphatic rings. The third-order valence-corrected chi connectivity index (χ3v) is 4.65. The monoisotopic (exact) mass is 266 g/mol. The average molecular weight is 266 g/mol. The van der Waals surface area contributed by atoms with Crippen LogP contribution >= 0.6 is 11.3 Å². The zero-order valence-electron chi connectivity index (χ0n) is 10.5. The Morgan fingerprint density at radius 3 is 2.79 bits per heavy atom. The molecule has 0 unspecified atom stereocenters. The third-order valence-electron chi connectivity index (χ3n) is 3.75. The summed E-state index contributed by atoms with van der Waals surface area (Å²) < 4.78 is 1.35. The summed E-state index contributed by atoms with van der Waals surface area (Å²) in [6, 6.07) is 15.1. The molecule has 0 radical (unpaired) electrons. The molecule has 0 amide bonds. The van der Waals surface area contributed by atoms with Gasteiger partial charge in [0, 0.05) is 29.2 Å². The van der Waals surface area contributed by atoms with Gasteiger partial charge >= 0.3 is 0 Å². The second-order valence-corrected chi connectivity index (χ2v) is 5.97. The van der Waals surface area contributed by atoms with E-state index in [2.05, 4.69) is 46.7 Å². The molecule has 0 saturated heterocycles. The molecule has 4 rings (SSSR count). The van der Waals surface area contributed by atoms with Crippen molar-refractivity contribution in [1.82, 2.24) is 0 Å². The first-order valence-electron chi connectivity index (χ1n) is 6.39. The van der Waals surface area contributed by atoms with E-state index < -0.39 is 0 Å². The molecule has 3 heteroatoms. The highest BCUT2D eigenvalue weighted by atomic mass is 32.1. The van der Waals surface area contributed by atoms with Gasteiger partial charge in [-0.05, 0) is 58.3 Å². The summed E-state index contributed by atoms with van der Waals surface area (Å²) in [6.45, 7) is 1.93. The molecular weight excluding hydrogens is 252 g/mol. The lowest BCUT2D eigenvalue weighted by molar-refractivity contribution is 0.882. The van der Waals surface area contributed by atoms with E-state index in [0.29, 0.717) is 0 Å². The first kappa shape index (κ1) is 10.9. The predicted molar refractivity (Wildman–Crippen MR) is 82.6 cm³/mol. The molecule has 0 aliphatic carbocycles. The number of thiophene rings is 1. The number of rotatable bonds is 1. The Labute approximate surface area is 116 Å². The highest BCUT2D eigenvalue weighted by Crippen LogP contribution is 2.32. The van der Waals surface area contributed by atoms with Crippen LogP contribution in [0.15, 0.2) is 47.8 Å². The molecule has 1 aromatic heterocycles. The summed E-state index contributed by atoms with van der Waals surface area (Å²) in [7, 11) is 0. The minimum absolute atomic E-state index is 0.855.